The minimum absolute atomic E-state index is 0.336. The number of aromatic amines is 1. The first-order chi connectivity index (χ1) is 8.20. The van der Waals surface area contributed by atoms with Crippen molar-refractivity contribution in [2.45, 2.75) is 39.8 Å². The molecule has 2 rings (SSSR count). The fraction of sp³-hybridized carbons (Fsp3) is 0.462. The summed E-state index contributed by atoms with van der Waals surface area (Å²) in [6.07, 6.45) is 4.85. The number of hydrogen-bond donors (Lipinski definition) is 2. The summed E-state index contributed by atoms with van der Waals surface area (Å²) in [7, 11) is 0. The molecule has 0 radical (unpaired) electrons. The van der Waals surface area contributed by atoms with Crippen molar-refractivity contribution in [1.82, 2.24) is 15.5 Å². The van der Waals surface area contributed by atoms with Gasteiger partial charge in [0.05, 0.1) is 6.20 Å². The van der Waals surface area contributed by atoms with E-state index in [1.165, 1.54) is 11.1 Å². The van der Waals surface area contributed by atoms with Crippen LogP contribution in [0.1, 0.15) is 42.0 Å². The Morgan fingerprint density at radius 1 is 1.47 bits per heavy atom. The van der Waals surface area contributed by atoms with Gasteiger partial charge in [0.15, 0.2) is 0 Å². The number of nitrogens with one attached hydrogen (secondary N) is 2. The zero-order chi connectivity index (χ0) is 12.3. The summed E-state index contributed by atoms with van der Waals surface area (Å²) >= 11 is 0. The largest absolute Gasteiger partial charge is 0.466 e. The second kappa shape index (κ2) is 5.19. The van der Waals surface area contributed by atoms with Gasteiger partial charge in [-0.15, -0.1) is 0 Å². The van der Waals surface area contributed by atoms with Gasteiger partial charge in [-0.3, -0.25) is 5.10 Å². The summed E-state index contributed by atoms with van der Waals surface area (Å²) in [6.45, 7) is 6.97. The van der Waals surface area contributed by atoms with E-state index in [0.29, 0.717) is 6.04 Å². The van der Waals surface area contributed by atoms with Crippen LogP contribution in [0.4, 0.5) is 0 Å². The Hall–Kier alpha value is -1.55. The lowest BCUT2D eigenvalue weighted by Gasteiger charge is -2.14. The van der Waals surface area contributed by atoms with Gasteiger partial charge in [-0.1, -0.05) is 6.92 Å². The number of aromatic nitrogens is 2. The third-order valence-corrected chi connectivity index (χ3v) is 3.01. The number of nitrogens with zero attached hydrogens (tertiary/aromatic N) is 1. The lowest BCUT2D eigenvalue weighted by molar-refractivity contribution is 0.487. The van der Waals surface area contributed by atoms with E-state index in [-0.39, 0.29) is 0 Å². The van der Waals surface area contributed by atoms with E-state index >= 15 is 0 Å². The molecule has 92 valence electrons. The van der Waals surface area contributed by atoms with Gasteiger partial charge in [-0.05, 0) is 26.3 Å². The normalized spacial score (nSPS) is 12.9. The van der Waals surface area contributed by atoms with Crippen LogP contribution in [-0.2, 0) is 6.54 Å². The molecule has 17 heavy (non-hydrogen) atoms. The van der Waals surface area contributed by atoms with Crippen molar-refractivity contribution in [2.24, 2.45) is 0 Å². The van der Waals surface area contributed by atoms with E-state index in [2.05, 4.69) is 28.5 Å². The summed E-state index contributed by atoms with van der Waals surface area (Å²) in [5.41, 5.74) is 2.43. The molecule has 1 unspecified atom stereocenters. The molecule has 1 atom stereocenters. The smallest absolute Gasteiger partial charge is 0.105 e. The maximum atomic E-state index is 5.51. The van der Waals surface area contributed by atoms with Crippen molar-refractivity contribution in [3.8, 4) is 0 Å². The Labute approximate surface area is 101 Å². The van der Waals surface area contributed by atoms with Gasteiger partial charge in [0.25, 0.3) is 0 Å². The highest BCUT2D eigenvalue weighted by molar-refractivity contribution is 5.20. The van der Waals surface area contributed by atoms with E-state index in [4.69, 9.17) is 4.42 Å². The highest BCUT2D eigenvalue weighted by atomic mass is 16.3. The highest BCUT2D eigenvalue weighted by Gasteiger charge is 2.11. The van der Waals surface area contributed by atoms with Gasteiger partial charge in [0, 0.05) is 29.9 Å². The molecule has 0 saturated heterocycles. The molecule has 0 aliphatic rings. The average molecular weight is 233 g/mol. The van der Waals surface area contributed by atoms with Gasteiger partial charge in [0.2, 0.25) is 0 Å². The molecule has 0 saturated carbocycles. The number of aryl methyl sites for hydroxylation is 2. The molecule has 2 heterocycles. The van der Waals surface area contributed by atoms with Gasteiger partial charge in [-0.2, -0.15) is 5.10 Å². The third kappa shape index (κ3) is 2.77. The number of hydrogen-bond acceptors (Lipinski definition) is 3. The molecule has 0 aromatic carbocycles. The van der Waals surface area contributed by atoms with Crippen LogP contribution in [0.5, 0.6) is 0 Å². The second-order valence-corrected chi connectivity index (χ2v) is 4.31. The highest BCUT2D eigenvalue weighted by Crippen LogP contribution is 2.18. The third-order valence-electron chi connectivity index (χ3n) is 3.01. The van der Waals surface area contributed by atoms with Crippen molar-refractivity contribution in [2.75, 3.05) is 0 Å². The zero-order valence-corrected chi connectivity index (χ0v) is 10.6. The summed E-state index contributed by atoms with van der Waals surface area (Å²) in [4.78, 5) is 0. The standard InChI is InChI=1S/C13H19N3O/c1-4-13(12-7-15-16-8-12)14-6-11-5-9(2)17-10(11)3/h5,7-8,13-14H,4,6H2,1-3H3,(H,15,16). The molecular weight excluding hydrogens is 214 g/mol. The Morgan fingerprint density at radius 2 is 2.29 bits per heavy atom. The quantitative estimate of drug-likeness (QED) is 0.835. The minimum atomic E-state index is 0.336. The lowest BCUT2D eigenvalue weighted by atomic mass is 10.1. The number of rotatable bonds is 5. The van der Waals surface area contributed by atoms with Crippen LogP contribution in [-0.4, -0.2) is 10.2 Å². The van der Waals surface area contributed by atoms with E-state index < -0.39 is 0 Å². The zero-order valence-electron chi connectivity index (χ0n) is 10.6. The first-order valence-electron chi connectivity index (χ1n) is 5.98. The lowest BCUT2D eigenvalue weighted by Crippen LogP contribution is -2.19. The van der Waals surface area contributed by atoms with Crippen molar-refractivity contribution in [3.05, 3.63) is 41.1 Å². The maximum Gasteiger partial charge on any atom is 0.105 e. The number of furan rings is 1. The van der Waals surface area contributed by atoms with Crippen LogP contribution in [0.2, 0.25) is 0 Å². The van der Waals surface area contributed by atoms with E-state index in [1.54, 1.807) is 0 Å². The predicted molar refractivity (Wildman–Crippen MR) is 66.6 cm³/mol. The maximum absolute atomic E-state index is 5.51. The van der Waals surface area contributed by atoms with E-state index in [0.717, 1.165) is 24.5 Å². The van der Waals surface area contributed by atoms with Crippen LogP contribution in [0, 0.1) is 13.8 Å². The first kappa shape index (κ1) is 11.9. The molecule has 2 aromatic rings. The van der Waals surface area contributed by atoms with E-state index in [9.17, 15) is 0 Å². The van der Waals surface area contributed by atoms with E-state index in [1.807, 2.05) is 26.2 Å². The van der Waals surface area contributed by atoms with Crippen LogP contribution in [0.25, 0.3) is 0 Å². The van der Waals surface area contributed by atoms with Gasteiger partial charge in [0.1, 0.15) is 11.5 Å². The summed E-state index contributed by atoms with van der Waals surface area (Å²) in [6, 6.07) is 2.42. The molecule has 0 aliphatic carbocycles. The van der Waals surface area contributed by atoms with Crippen LogP contribution < -0.4 is 5.32 Å². The number of H-pyrrole nitrogens is 1. The van der Waals surface area contributed by atoms with Gasteiger partial charge in [-0.25, -0.2) is 0 Å². The monoisotopic (exact) mass is 233 g/mol. The molecule has 4 heteroatoms. The van der Waals surface area contributed by atoms with Crippen LogP contribution >= 0.6 is 0 Å². The van der Waals surface area contributed by atoms with Crippen LogP contribution in [0.15, 0.2) is 22.9 Å². The van der Waals surface area contributed by atoms with Gasteiger partial charge >= 0.3 is 0 Å². The first-order valence-corrected chi connectivity index (χ1v) is 5.98. The summed E-state index contributed by atoms with van der Waals surface area (Å²) < 4.78 is 5.51. The summed E-state index contributed by atoms with van der Waals surface area (Å²) in [5.74, 6) is 1.97. The van der Waals surface area contributed by atoms with Crippen molar-refractivity contribution < 1.29 is 4.42 Å². The topological polar surface area (TPSA) is 53.9 Å². The van der Waals surface area contributed by atoms with Crippen molar-refractivity contribution in [1.29, 1.82) is 0 Å². The Balaban J connectivity index is 1.99. The Kier molecular flexibility index (Phi) is 3.64. The molecule has 0 bridgehead atoms. The minimum Gasteiger partial charge on any atom is -0.466 e. The predicted octanol–water partition coefficient (Wildman–Crippen LogP) is 2.86. The van der Waals surface area contributed by atoms with Crippen molar-refractivity contribution in [3.63, 3.8) is 0 Å². The van der Waals surface area contributed by atoms with Crippen LogP contribution in [0.3, 0.4) is 0 Å². The second-order valence-electron chi connectivity index (χ2n) is 4.31. The fourth-order valence-electron chi connectivity index (χ4n) is 2.04. The molecule has 0 spiro atoms. The molecule has 2 aromatic heterocycles. The molecule has 0 aliphatic heterocycles. The molecule has 4 nitrogen and oxygen atoms in total. The molecule has 0 amide bonds. The van der Waals surface area contributed by atoms with Gasteiger partial charge < -0.3 is 9.73 Å². The SMILES string of the molecule is CCC(NCc1cc(C)oc1C)c1cn[nH]c1. The summed E-state index contributed by atoms with van der Waals surface area (Å²) in [5, 5.41) is 10.4. The Morgan fingerprint density at radius 3 is 2.82 bits per heavy atom. The molecular formula is C13H19N3O. The molecule has 2 N–H and O–H groups in total. The Bertz CT molecular complexity index is 459. The fourth-order valence-corrected chi connectivity index (χ4v) is 2.04. The molecule has 0 fully saturated rings. The average Bonchev–Trinajstić information content (AvgIpc) is 2.90. The van der Waals surface area contributed by atoms with Crippen molar-refractivity contribution >= 4 is 0 Å².